The van der Waals surface area contributed by atoms with Crippen LogP contribution >= 0.6 is 11.3 Å². The van der Waals surface area contributed by atoms with Crippen molar-refractivity contribution in [1.29, 1.82) is 0 Å². The molecule has 0 aliphatic rings. The molecule has 0 saturated heterocycles. The van der Waals surface area contributed by atoms with Gasteiger partial charge in [-0.2, -0.15) is 13.2 Å². The maximum atomic E-state index is 13.8. The molecule has 0 bridgehead atoms. The quantitative estimate of drug-likeness (QED) is 0.439. The van der Waals surface area contributed by atoms with Gasteiger partial charge in [0.25, 0.3) is 11.8 Å². The van der Waals surface area contributed by atoms with Crippen molar-refractivity contribution in [2.24, 2.45) is 11.5 Å². The van der Waals surface area contributed by atoms with Gasteiger partial charge in [0, 0.05) is 23.2 Å². The fourth-order valence-corrected chi connectivity index (χ4v) is 3.50. The summed E-state index contributed by atoms with van der Waals surface area (Å²) in [6.07, 6.45) is -4.80. The van der Waals surface area contributed by atoms with Gasteiger partial charge in [-0.25, -0.2) is 9.37 Å². The normalized spacial score (nSPS) is 12.6. The van der Waals surface area contributed by atoms with Gasteiger partial charge in [0.1, 0.15) is 22.2 Å². The third-order valence-corrected chi connectivity index (χ3v) is 5.09. The van der Waals surface area contributed by atoms with Crippen LogP contribution in [0.1, 0.15) is 37.6 Å². The first kappa shape index (κ1) is 21.5. The molecule has 12 heteroatoms. The highest BCUT2D eigenvalue weighted by Crippen LogP contribution is 2.33. The van der Waals surface area contributed by atoms with Gasteiger partial charge in [-0.15, -0.1) is 11.3 Å². The van der Waals surface area contributed by atoms with E-state index in [1.54, 1.807) is 0 Å². The lowest BCUT2D eigenvalue weighted by atomic mass is 10.1. The molecule has 0 aliphatic heterocycles. The van der Waals surface area contributed by atoms with E-state index in [4.69, 9.17) is 11.5 Å². The van der Waals surface area contributed by atoms with Crippen LogP contribution in [0.4, 0.5) is 17.6 Å². The summed E-state index contributed by atoms with van der Waals surface area (Å²) >= 11 is 1.10. The van der Waals surface area contributed by atoms with E-state index in [0.29, 0.717) is 11.1 Å². The number of hydrogen-bond donors (Lipinski definition) is 4. The number of carbonyl (C=O) groups excluding carboxylic acids is 2. The summed E-state index contributed by atoms with van der Waals surface area (Å²) in [5, 5.41) is 4.46. The fourth-order valence-electron chi connectivity index (χ4n) is 2.63. The number of nitrogens with two attached hydrogens (primary N) is 2. The smallest absolute Gasteiger partial charge is 0.364 e. The van der Waals surface area contributed by atoms with Crippen molar-refractivity contribution in [3.05, 3.63) is 63.5 Å². The van der Waals surface area contributed by atoms with E-state index in [0.717, 1.165) is 23.5 Å². The van der Waals surface area contributed by atoms with Crippen LogP contribution in [0.2, 0.25) is 0 Å². The minimum Gasteiger partial charge on any atom is -0.364 e. The number of amides is 2. The zero-order valence-electron chi connectivity index (χ0n) is 15.1. The molecule has 0 fully saturated rings. The Balaban J connectivity index is 1.77. The van der Waals surface area contributed by atoms with Crippen molar-refractivity contribution in [3.8, 4) is 11.3 Å². The van der Waals surface area contributed by atoms with Gasteiger partial charge in [0.15, 0.2) is 0 Å². The highest BCUT2D eigenvalue weighted by molar-refractivity contribution is 7.09. The van der Waals surface area contributed by atoms with Crippen molar-refractivity contribution in [2.45, 2.75) is 12.2 Å². The first-order valence-electron chi connectivity index (χ1n) is 8.42. The number of aromatic nitrogens is 2. The molecular formula is C18H15F4N5O2S. The van der Waals surface area contributed by atoms with Crippen LogP contribution in [0.3, 0.4) is 0 Å². The predicted octanol–water partition coefficient (Wildman–Crippen LogP) is 2.82. The summed E-state index contributed by atoms with van der Waals surface area (Å²) in [5.41, 5.74) is 9.97. The monoisotopic (exact) mass is 441 g/mol. The van der Waals surface area contributed by atoms with Crippen molar-refractivity contribution in [2.75, 3.05) is 6.54 Å². The average Bonchev–Trinajstić information content (AvgIpc) is 3.34. The standard InChI is InChI=1S/C18H15F4N5O2S/c19-10-5-8(1-2-9(10)18(20,21)22)11-3-4-12(25-11)16(29)26-13(6-23)17-27-14(7-30-17)15(24)28/h1-5,7,13,25H,6,23H2,(H2,24,28)(H,26,29)/t13-/m0/s1. The Hall–Kier alpha value is -3.25. The number of primary amides is 1. The number of benzene rings is 1. The second kappa shape index (κ2) is 8.24. The number of H-pyrrole nitrogens is 1. The van der Waals surface area contributed by atoms with Crippen LogP contribution in [-0.4, -0.2) is 28.3 Å². The highest BCUT2D eigenvalue weighted by atomic mass is 32.1. The molecule has 1 atom stereocenters. The van der Waals surface area contributed by atoms with Gasteiger partial charge in [-0.1, -0.05) is 6.07 Å². The molecule has 2 amide bonds. The van der Waals surface area contributed by atoms with E-state index < -0.39 is 35.4 Å². The third kappa shape index (κ3) is 4.49. The van der Waals surface area contributed by atoms with E-state index in [1.807, 2.05) is 0 Å². The number of carbonyl (C=O) groups is 2. The molecule has 0 spiro atoms. The fraction of sp³-hybridized carbons (Fsp3) is 0.167. The zero-order chi connectivity index (χ0) is 22.1. The molecule has 3 aromatic rings. The molecule has 2 aromatic heterocycles. The summed E-state index contributed by atoms with van der Waals surface area (Å²) in [5.74, 6) is -2.70. The van der Waals surface area contributed by atoms with Crippen LogP contribution in [0.25, 0.3) is 11.3 Å². The van der Waals surface area contributed by atoms with Crippen molar-refractivity contribution >= 4 is 23.2 Å². The van der Waals surface area contributed by atoms with E-state index in [1.165, 1.54) is 17.5 Å². The SMILES string of the molecule is NC[C@H](NC(=O)c1ccc(-c2ccc(C(F)(F)F)c(F)c2)[nH]1)c1nc(C(N)=O)cs1. The van der Waals surface area contributed by atoms with Crippen LogP contribution in [0, 0.1) is 5.82 Å². The molecule has 7 nitrogen and oxygen atoms in total. The summed E-state index contributed by atoms with van der Waals surface area (Å²) in [6, 6.07) is 4.61. The number of aromatic amines is 1. The number of thiazole rings is 1. The lowest BCUT2D eigenvalue weighted by Gasteiger charge is -2.13. The first-order chi connectivity index (χ1) is 14.1. The Morgan fingerprint density at radius 3 is 2.53 bits per heavy atom. The van der Waals surface area contributed by atoms with Gasteiger partial charge < -0.3 is 21.8 Å². The predicted molar refractivity (Wildman–Crippen MR) is 101 cm³/mol. The number of nitrogens with one attached hydrogen (secondary N) is 2. The average molecular weight is 441 g/mol. The maximum absolute atomic E-state index is 13.8. The lowest BCUT2D eigenvalue weighted by Crippen LogP contribution is -2.33. The highest BCUT2D eigenvalue weighted by Gasteiger charge is 2.34. The lowest BCUT2D eigenvalue weighted by molar-refractivity contribution is -0.139. The van der Waals surface area contributed by atoms with E-state index >= 15 is 0 Å². The minimum atomic E-state index is -4.80. The third-order valence-electron chi connectivity index (χ3n) is 4.13. The Morgan fingerprint density at radius 1 is 1.23 bits per heavy atom. The second-order valence-electron chi connectivity index (χ2n) is 6.18. The molecule has 0 saturated carbocycles. The maximum Gasteiger partial charge on any atom is 0.419 e. The van der Waals surface area contributed by atoms with Crippen molar-refractivity contribution in [1.82, 2.24) is 15.3 Å². The van der Waals surface area contributed by atoms with Crippen molar-refractivity contribution in [3.63, 3.8) is 0 Å². The molecule has 1 aromatic carbocycles. The van der Waals surface area contributed by atoms with Gasteiger partial charge in [-0.05, 0) is 24.3 Å². The number of hydrogen-bond acceptors (Lipinski definition) is 5. The Labute approximate surface area is 171 Å². The first-order valence-corrected chi connectivity index (χ1v) is 9.30. The Kier molecular flexibility index (Phi) is 5.89. The Bertz CT molecular complexity index is 1090. The number of rotatable bonds is 6. The van der Waals surface area contributed by atoms with Crippen LogP contribution in [-0.2, 0) is 6.18 Å². The summed E-state index contributed by atoms with van der Waals surface area (Å²) in [7, 11) is 0. The summed E-state index contributed by atoms with van der Waals surface area (Å²) in [4.78, 5) is 30.4. The van der Waals surface area contributed by atoms with E-state index in [9.17, 15) is 27.2 Å². The molecule has 3 rings (SSSR count). The molecule has 0 aliphatic carbocycles. The molecule has 30 heavy (non-hydrogen) atoms. The zero-order valence-corrected chi connectivity index (χ0v) is 15.9. The molecular weight excluding hydrogens is 426 g/mol. The number of nitrogens with zero attached hydrogens (tertiary/aromatic N) is 1. The van der Waals surface area contributed by atoms with Gasteiger partial charge in [0.2, 0.25) is 0 Å². The molecule has 158 valence electrons. The van der Waals surface area contributed by atoms with E-state index in [-0.39, 0.29) is 29.2 Å². The molecule has 6 N–H and O–H groups in total. The minimum absolute atomic E-state index is 0.00482. The second-order valence-corrected chi connectivity index (χ2v) is 7.06. The van der Waals surface area contributed by atoms with Crippen LogP contribution in [0.5, 0.6) is 0 Å². The topological polar surface area (TPSA) is 127 Å². The van der Waals surface area contributed by atoms with Crippen LogP contribution in [0.15, 0.2) is 35.7 Å². The number of halogens is 4. The van der Waals surface area contributed by atoms with Gasteiger partial charge >= 0.3 is 6.18 Å². The van der Waals surface area contributed by atoms with E-state index in [2.05, 4.69) is 15.3 Å². The molecule has 0 radical (unpaired) electrons. The van der Waals surface area contributed by atoms with Crippen LogP contribution < -0.4 is 16.8 Å². The Morgan fingerprint density at radius 2 is 1.97 bits per heavy atom. The van der Waals surface area contributed by atoms with Gasteiger partial charge in [-0.3, -0.25) is 9.59 Å². The number of alkyl halides is 3. The molecule has 2 heterocycles. The largest absolute Gasteiger partial charge is 0.419 e. The van der Waals surface area contributed by atoms with Gasteiger partial charge in [0.05, 0.1) is 11.6 Å². The summed E-state index contributed by atoms with van der Waals surface area (Å²) in [6.45, 7) is -0.00482. The molecule has 0 unspecified atom stereocenters. The van der Waals surface area contributed by atoms with Crippen molar-refractivity contribution < 1.29 is 27.2 Å². The summed E-state index contributed by atoms with van der Waals surface area (Å²) < 4.78 is 51.9.